The first kappa shape index (κ1) is 17.0. The molecule has 0 saturated heterocycles. The van der Waals surface area contributed by atoms with Crippen molar-refractivity contribution in [2.45, 2.75) is 86.5 Å². The van der Waals surface area contributed by atoms with Crippen LogP contribution in [0.2, 0.25) is 0 Å². The summed E-state index contributed by atoms with van der Waals surface area (Å²) in [6, 6.07) is 0. The lowest BCUT2D eigenvalue weighted by molar-refractivity contribution is 0.250. The lowest BCUT2D eigenvalue weighted by atomic mass is 9.80. The molecule has 0 radical (unpaired) electrons. The van der Waals surface area contributed by atoms with E-state index in [4.69, 9.17) is 0 Å². The Morgan fingerprint density at radius 1 is 0.824 bits per heavy atom. The Labute approximate surface area is 111 Å². The van der Waals surface area contributed by atoms with Crippen molar-refractivity contribution >= 4 is 0 Å². The Balaban J connectivity index is 4.00. The molecule has 0 fully saturated rings. The second kappa shape index (κ2) is 9.97. The van der Waals surface area contributed by atoms with Gasteiger partial charge in [-0.15, -0.1) is 0 Å². The van der Waals surface area contributed by atoms with Gasteiger partial charge in [0.05, 0.1) is 0 Å². The summed E-state index contributed by atoms with van der Waals surface area (Å²) in [7, 11) is 0. The third-order valence-corrected chi connectivity index (χ3v) is 4.31. The third kappa shape index (κ3) is 8.69. The van der Waals surface area contributed by atoms with E-state index in [1.54, 1.807) is 0 Å². The molecule has 0 aliphatic rings. The van der Waals surface area contributed by atoms with Crippen LogP contribution in [0.15, 0.2) is 0 Å². The van der Waals surface area contributed by atoms with E-state index in [1.165, 1.54) is 44.9 Å². The van der Waals surface area contributed by atoms with Crippen LogP contribution in [0.5, 0.6) is 0 Å². The fraction of sp³-hybridized carbons (Fsp3) is 1.00. The summed E-state index contributed by atoms with van der Waals surface area (Å²) in [6.07, 6.45) is 9.88. The molecule has 0 heteroatoms. The first-order chi connectivity index (χ1) is 8.01. The van der Waals surface area contributed by atoms with Crippen molar-refractivity contribution in [2.24, 2.45) is 23.7 Å². The van der Waals surface area contributed by atoms with Crippen LogP contribution in [0, 0.1) is 23.7 Å². The molecule has 3 atom stereocenters. The predicted molar refractivity (Wildman–Crippen MR) is 80.3 cm³/mol. The lowest BCUT2D eigenvalue weighted by Gasteiger charge is -2.26. The van der Waals surface area contributed by atoms with Crippen molar-refractivity contribution < 1.29 is 0 Å². The van der Waals surface area contributed by atoms with Gasteiger partial charge in [-0.2, -0.15) is 0 Å². The molecule has 0 N–H and O–H groups in total. The van der Waals surface area contributed by atoms with Gasteiger partial charge in [0.1, 0.15) is 0 Å². The molecule has 17 heavy (non-hydrogen) atoms. The highest BCUT2D eigenvalue weighted by Gasteiger charge is 2.18. The van der Waals surface area contributed by atoms with Gasteiger partial charge in [0.15, 0.2) is 0 Å². The van der Waals surface area contributed by atoms with E-state index in [-0.39, 0.29) is 0 Å². The highest BCUT2D eigenvalue weighted by atomic mass is 14.2. The second-order valence-electron chi connectivity index (χ2n) is 6.60. The SMILES string of the molecule is CCCC(CC(C)CC)C(C)CCCC(C)C. The van der Waals surface area contributed by atoms with Gasteiger partial charge in [0, 0.05) is 0 Å². The standard InChI is InChI=1S/C17H36/c1-7-10-17(13-15(5)8-2)16(6)12-9-11-14(3)4/h14-17H,7-13H2,1-6H3. The smallest absolute Gasteiger partial charge is 0.0386 e. The average Bonchev–Trinajstić information content (AvgIpc) is 2.27. The summed E-state index contributed by atoms with van der Waals surface area (Å²) in [5, 5.41) is 0. The maximum atomic E-state index is 2.49. The van der Waals surface area contributed by atoms with Crippen LogP contribution >= 0.6 is 0 Å². The minimum atomic E-state index is 0.876. The fourth-order valence-corrected chi connectivity index (χ4v) is 2.77. The van der Waals surface area contributed by atoms with Crippen LogP contribution in [-0.2, 0) is 0 Å². The van der Waals surface area contributed by atoms with E-state index in [0.29, 0.717) is 0 Å². The highest BCUT2D eigenvalue weighted by molar-refractivity contribution is 4.69. The quantitative estimate of drug-likeness (QED) is 0.420. The van der Waals surface area contributed by atoms with Gasteiger partial charge in [-0.1, -0.05) is 80.1 Å². The van der Waals surface area contributed by atoms with E-state index in [9.17, 15) is 0 Å². The molecule has 0 aliphatic carbocycles. The summed E-state index contributed by atoms with van der Waals surface area (Å²) in [4.78, 5) is 0. The van der Waals surface area contributed by atoms with Gasteiger partial charge in [0.2, 0.25) is 0 Å². The predicted octanol–water partition coefficient (Wildman–Crippen LogP) is 6.30. The van der Waals surface area contributed by atoms with Crippen LogP contribution in [0.3, 0.4) is 0 Å². The summed E-state index contributed by atoms with van der Waals surface area (Å²) in [5.41, 5.74) is 0. The van der Waals surface area contributed by atoms with E-state index in [1.807, 2.05) is 0 Å². The molecule has 0 aromatic heterocycles. The van der Waals surface area contributed by atoms with Gasteiger partial charge in [-0.3, -0.25) is 0 Å². The molecule has 0 aromatic carbocycles. The maximum absolute atomic E-state index is 2.49. The van der Waals surface area contributed by atoms with Crippen LogP contribution in [0.4, 0.5) is 0 Å². The fourth-order valence-electron chi connectivity index (χ4n) is 2.77. The summed E-state index contributed by atoms with van der Waals surface area (Å²) in [5.74, 6) is 3.70. The normalized spacial score (nSPS) is 17.1. The summed E-state index contributed by atoms with van der Waals surface area (Å²) >= 11 is 0. The number of hydrogen-bond donors (Lipinski definition) is 0. The zero-order valence-corrected chi connectivity index (χ0v) is 13.3. The van der Waals surface area contributed by atoms with Crippen molar-refractivity contribution in [3.05, 3.63) is 0 Å². The van der Waals surface area contributed by atoms with Crippen LogP contribution in [0.1, 0.15) is 86.5 Å². The molecule has 0 amide bonds. The summed E-state index contributed by atoms with van der Waals surface area (Å²) in [6.45, 7) is 14.3. The van der Waals surface area contributed by atoms with Crippen LogP contribution in [-0.4, -0.2) is 0 Å². The van der Waals surface area contributed by atoms with Crippen molar-refractivity contribution in [2.75, 3.05) is 0 Å². The van der Waals surface area contributed by atoms with Crippen LogP contribution < -0.4 is 0 Å². The first-order valence-electron chi connectivity index (χ1n) is 8.01. The minimum Gasteiger partial charge on any atom is -0.0654 e. The number of rotatable bonds is 10. The van der Waals surface area contributed by atoms with Gasteiger partial charge in [-0.25, -0.2) is 0 Å². The molecular formula is C17H36. The Morgan fingerprint density at radius 3 is 1.94 bits per heavy atom. The molecule has 0 bridgehead atoms. The first-order valence-corrected chi connectivity index (χ1v) is 8.01. The van der Waals surface area contributed by atoms with Crippen molar-refractivity contribution in [1.29, 1.82) is 0 Å². The van der Waals surface area contributed by atoms with Gasteiger partial charge in [0.25, 0.3) is 0 Å². The number of hydrogen-bond acceptors (Lipinski definition) is 0. The molecule has 0 heterocycles. The van der Waals surface area contributed by atoms with E-state index >= 15 is 0 Å². The lowest BCUT2D eigenvalue weighted by Crippen LogP contribution is -2.15. The maximum Gasteiger partial charge on any atom is -0.0386 e. The Hall–Kier alpha value is 0. The molecule has 0 saturated carbocycles. The van der Waals surface area contributed by atoms with Gasteiger partial charge >= 0.3 is 0 Å². The van der Waals surface area contributed by atoms with E-state index in [0.717, 1.165) is 23.7 Å². The molecule has 104 valence electrons. The van der Waals surface area contributed by atoms with Crippen LogP contribution in [0.25, 0.3) is 0 Å². The average molecular weight is 240 g/mol. The molecule has 3 unspecified atom stereocenters. The Morgan fingerprint density at radius 2 is 1.47 bits per heavy atom. The zero-order valence-electron chi connectivity index (χ0n) is 13.3. The monoisotopic (exact) mass is 240 g/mol. The second-order valence-corrected chi connectivity index (χ2v) is 6.60. The third-order valence-electron chi connectivity index (χ3n) is 4.31. The molecule has 0 nitrogen and oxygen atoms in total. The highest BCUT2D eigenvalue weighted by Crippen LogP contribution is 2.30. The van der Waals surface area contributed by atoms with Crippen molar-refractivity contribution in [1.82, 2.24) is 0 Å². The minimum absolute atomic E-state index is 0.876. The molecule has 0 spiro atoms. The van der Waals surface area contributed by atoms with Crippen molar-refractivity contribution in [3.8, 4) is 0 Å². The van der Waals surface area contributed by atoms with E-state index < -0.39 is 0 Å². The topological polar surface area (TPSA) is 0 Å². The largest absolute Gasteiger partial charge is 0.0654 e. The Kier molecular flexibility index (Phi) is 9.97. The summed E-state index contributed by atoms with van der Waals surface area (Å²) < 4.78 is 0. The molecular weight excluding hydrogens is 204 g/mol. The Bertz CT molecular complexity index is 159. The van der Waals surface area contributed by atoms with Crippen molar-refractivity contribution in [3.63, 3.8) is 0 Å². The van der Waals surface area contributed by atoms with E-state index in [2.05, 4.69) is 41.5 Å². The van der Waals surface area contributed by atoms with Gasteiger partial charge in [-0.05, 0) is 30.1 Å². The zero-order chi connectivity index (χ0) is 13.3. The molecule has 0 rings (SSSR count). The van der Waals surface area contributed by atoms with Gasteiger partial charge < -0.3 is 0 Å². The molecule has 0 aromatic rings. The molecule has 0 aliphatic heterocycles.